The van der Waals surface area contributed by atoms with Crippen LogP contribution in [-0.4, -0.2) is 23.7 Å². The lowest BCUT2D eigenvalue weighted by molar-refractivity contribution is -0.149. The predicted octanol–water partition coefficient (Wildman–Crippen LogP) is 2.07. The van der Waals surface area contributed by atoms with Gasteiger partial charge >= 0.3 is 5.97 Å². The molecule has 4 nitrogen and oxygen atoms in total. The summed E-state index contributed by atoms with van der Waals surface area (Å²) in [6.45, 7) is -0.912. The van der Waals surface area contributed by atoms with Crippen LogP contribution in [0.3, 0.4) is 0 Å². The summed E-state index contributed by atoms with van der Waals surface area (Å²) in [5, 5.41) is 8.64. The minimum atomic E-state index is -1.41. The van der Waals surface area contributed by atoms with Gasteiger partial charge < -0.3 is 9.84 Å². The molecular formula is C13H13FO4. The maximum Gasteiger partial charge on any atom is 0.372 e. The van der Waals surface area contributed by atoms with E-state index in [1.54, 1.807) is 18.2 Å². The summed E-state index contributed by atoms with van der Waals surface area (Å²) in [5.74, 6) is -1.80. The highest BCUT2D eigenvalue weighted by Gasteiger charge is 2.46. The van der Waals surface area contributed by atoms with Crippen molar-refractivity contribution in [2.45, 2.75) is 24.7 Å². The van der Waals surface area contributed by atoms with E-state index in [9.17, 15) is 14.0 Å². The first-order valence-corrected chi connectivity index (χ1v) is 5.63. The Kier molecular flexibility index (Phi) is 3.32. The lowest BCUT2D eigenvalue weighted by Gasteiger charge is -2.14. The number of carbonyl (C=O) groups is 2. The summed E-state index contributed by atoms with van der Waals surface area (Å²) >= 11 is 0. The molecule has 18 heavy (non-hydrogen) atoms. The van der Waals surface area contributed by atoms with Gasteiger partial charge in [0.05, 0.1) is 0 Å². The Balaban J connectivity index is 2.17. The molecule has 5 heteroatoms. The highest BCUT2D eigenvalue weighted by atomic mass is 19.1. The Hall–Kier alpha value is -1.91. The molecule has 2 rings (SSSR count). The van der Waals surface area contributed by atoms with Crippen LogP contribution in [-0.2, 0) is 15.0 Å². The minimum Gasteiger partial charge on any atom is -0.476 e. The second kappa shape index (κ2) is 4.76. The molecule has 0 heterocycles. The molecule has 0 atom stereocenters. The van der Waals surface area contributed by atoms with Crippen molar-refractivity contribution in [1.29, 1.82) is 0 Å². The van der Waals surface area contributed by atoms with Gasteiger partial charge in [0.2, 0.25) is 12.6 Å². The average molecular weight is 252 g/mol. The molecule has 1 aromatic carbocycles. The Morgan fingerprint density at radius 1 is 1.39 bits per heavy atom. The fourth-order valence-electron chi connectivity index (χ4n) is 2.08. The standard InChI is InChI=1S/C13H13FO4/c14-8-18-10-3-1-2-9(6-10)13(4-5-13)7-11(15)12(16)17/h1-3,6H,4-5,7-8H2,(H,16,17). The molecule has 1 aliphatic rings. The van der Waals surface area contributed by atoms with Gasteiger partial charge in [0.15, 0.2) is 0 Å². The SMILES string of the molecule is O=C(O)C(=O)CC1(c2cccc(OCF)c2)CC1. The molecule has 1 aromatic rings. The van der Waals surface area contributed by atoms with Crippen LogP contribution in [0.25, 0.3) is 0 Å². The zero-order valence-corrected chi connectivity index (χ0v) is 9.69. The fourth-order valence-corrected chi connectivity index (χ4v) is 2.08. The van der Waals surface area contributed by atoms with Gasteiger partial charge in [-0.2, -0.15) is 0 Å². The van der Waals surface area contributed by atoms with Crippen LogP contribution in [0.2, 0.25) is 0 Å². The second-order valence-electron chi connectivity index (χ2n) is 4.47. The van der Waals surface area contributed by atoms with E-state index in [-0.39, 0.29) is 6.42 Å². The molecule has 1 saturated carbocycles. The number of rotatable bonds is 6. The number of ether oxygens (including phenoxy) is 1. The van der Waals surface area contributed by atoms with E-state index in [1.807, 2.05) is 6.07 Å². The molecule has 0 bridgehead atoms. The van der Waals surface area contributed by atoms with Crippen molar-refractivity contribution < 1.29 is 23.8 Å². The first-order valence-electron chi connectivity index (χ1n) is 5.63. The van der Waals surface area contributed by atoms with E-state index in [1.165, 1.54) is 0 Å². The molecule has 0 unspecified atom stereocenters. The van der Waals surface area contributed by atoms with Gasteiger partial charge in [-0.15, -0.1) is 0 Å². The third-order valence-electron chi connectivity index (χ3n) is 3.26. The van der Waals surface area contributed by atoms with Gasteiger partial charge in [-0.25, -0.2) is 9.18 Å². The zero-order valence-electron chi connectivity index (χ0n) is 9.69. The number of carbonyl (C=O) groups excluding carboxylic acids is 1. The van der Waals surface area contributed by atoms with E-state index in [4.69, 9.17) is 9.84 Å². The van der Waals surface area contributed by atoms with Gasteiger partial charge in [-0.1, -0.05) is 12.1 Å². The molecule has 1 N–H and O–H groups in total. The summed E-state index contributed by atoms with van der Waals surface area (Å²) in [7, 11) is 0. The van der Waals surface area contributed by atoms with E-state index >= 15 is 0 Å². The fraction of sp³-hybridized carbons (Fsp3) is 0.385. The van der Waals surface area contributed by atoms with E-state index in [0.29, 0.717) is 5.75 Å². The number of benzene rings is 1. The normalized spacial score (nSPS) is 16.1. The highest BCUT2D eigenvalue weighted by Crippen LogP contribution is 2.51. The van der Waals surface area contributed by atoms with E-state index in [0.717, 1.165) is 18.4 Å². The average Bonchev–Trinajstić information content (AvgIpc) is 3.11. The Morgan fingerprint density at radius 2 is 2.11 bits per heavy atom. The smallest absolute Gasteiger partial charge is 0.372 e. The molecule has 96 valence electrons. The summed E-state index contributed by atoms with van der Waals surface area (Å²) in [6.07, 6.45) is 1.53. The second-order valence-corrected chi connectivity index (χ2v) is 4.47. The number of carboxylic acids is 1. The molecule has 1 aliphatic carbocycles. The lowest BCUT2D eigenvalue weighted by Crippen LogP contribution is -2.20. The molecule has 1 fully saturated rings. The van der Waals surface area contributed by atoms with Crippen LogP contribution in [0.4, 0.5) is 4.39 Å². The molecular weight excluding hydrogens is 239 g/mol. The number of carboxylic acid groups (broad SMARTS) is 1. The van der Waals surface area contributed by atoms with Crippen molar-refractivity contribution >= 4 is 11.8 Å². The van der Waals surface area contributed by atoms with Gasteiger partial charge in [0.25, 0.3) is 0 Å². The number of aliphatic carboxylic acids is 1. The number of hydrogen-bond donors (Lipinski definition) is 1. The first-order chi connectivity index (χ1) is 8.57. The Morgan fingerprint density at radius 3 is 2.67 bits per heavy atom. The number of alkyl halides is 1. The lowest BCUT2D eigenvalue weighted by atomic mass is 9.90. The van der Waals surface area contributed by atoms with Crippen LogP contribution >= 0.6 is 0 Å². The summed E-state index contributed by atoms with van der Waals surface area (Å²) in [6, 6.07) is 6.82. The highest BCUT2D eigenvalue weighted by molar-refractivity contribution is 6.33. The maximum absolute atomic E-state index is 12.1. The van der Waals surface area contributed by atoms with Crippen molar-refractivity contribution in [2.75, 3.05) is 6.86 Å². The largest absolute Gasteiger partial charge is 0.476 e. The quantitative estimate of drug-likeness (QED) is 0.787. The topological polar surface area (TPSA) is 63.6 Å². The Bertz CT molecular complexity index is 480. The number of ketones is 1. The van der Waals surface area contributed by atoms with Gasteiger partial charge in [-0.3, -0.25) is 4.79 Å². The molecule has 0 aliphatic heterocycles. The molecule has 0 saturated heterocycles. The van der Waals surface area contributed by atoms with Gasteiger partial charge in [0, 0.05) is 11.8 Å². The third kappa shape index (κ3) is 2.50. The minimum absolute atomic E-state index is 0.0125. The van der Waals surface area contributed by atoms with Crippen molar-refractivity contribution in [3.05, 3.63) is 29.8 Å². The zero-order chi connectivity index (χ0) is 13.2. The number of hydrogen-bond acceptors (Lipinski definition) is 3. The van der Waals surface area contributed by atoms with Crippen molar-refractivity contribution in [3.8, 4) is 5.75 Å². The van der Waals surface area contributed by atoms with Crippen LogP contribution < -0.4 is 4.74 Å². The number of halogens is 1. The van der Waals surface area contributed by atoms with E-state index in [2.05, 4.69) is 0 Å². The van der Waals surface area contributed by atoms with Crippen molar-refractivity contribution in [1.82, 2.24) is 0 Å². The van der Waals surface area contributed by atoms with Crippen LogP contribution in [0.5, 0.6) is 5.75 Å². The predicted molar refractivity (Wildman–Crippen MR) is 61.2 cm³/mol. The van der Waals surface area contributed by atoms with Gasteiger partial charge in [-0.05, 0) is 30.5 Å². The van der Waals surface area contributed by atoms with E-state index < -0.39 is 24.0 Å². The molecule has 0 radical (unpaired) electrons. The van der Waals surface area contributed by atoms with Gasteiger partial charge in [0.1, 0.15) is 5.75 Å². The molecule has 0 amide bonds. The van der Waals surface area contributed by atoms with Crippen LogP contribution in [0.1, 0.15) is 24.8 Å². The van der Waals surface area contributed by atoms with Crippen LogP contribution in [0.15, 0.2) is 24.3 Å². The molecule has 0 spiro atoms. The maximum atomic E-state index is 12.1. The third-order valence-corrected chi connectivity index (χ3v) is 3.26. The number of Topliss-reactive ketones (excluding diaryl/α,β-unsaturated/α-hetero) is 1. The Labute approximate surface area is 103 Å². The first kappa shape index (κ1) is 12.5. The van der Waals surface area contributed by atoms with Crippen LogP contribution in [0, 0.1) is 0 Å². The van der Waals surface area contributed by atoms with Crippen molar-refractivity contribution in [3.63, 3.8) is 0 Å². The molecule has 0 aromatic heterocycles. The summed E-state index contributed by atoms with van der Waals surface area (Å²) in [4.78, 5) is 21.9. The van der Waals surface area contributed by atoms with Crippen molar-refractivity contribution in [2.24, 2.45) is 0 Å². The monoisotopic (exact) mass is 252 g/mol. The summed E-state index contributed by atoms with van der Waals surface area (Å²) in [5.41, 5.74) is 0.438. The summed E-state index contributed by atoms with van der Waals surface area (Å²) < 4.78 is 16.8.